The molecule has 0 unspecified atom stereocenters. The Morgan fingerprint density at radius 2 is 2.04 bits per heavy atom. The Balaban J connectivity index is 1.69. The van der Waals surface area contributed by atoms with Crippen LogP contribution >= 0.6 is 0 Å². The predicted octanol–water partition coefficient (Wildman–Crippen LogP) is 0.702. The van der Waals surface area contributed by atoms with E-state index in [2.05, 4.69) is 10.2 Å². The Labute approximate surface area is 141 Å². The van der Waals surface area contributed by atoms with Gasteiger partial charge >= 0.3 is 0 Å². The molecule has 1 atom stereocenters. The highest BCUT2D eigenvalue weighted by atomic mass is 16.3. The highest BCUT2D eigenvalue weighted by Gasteiger charge is 2.52. The zero-order valence-corrected chi connectivity index (χ0v) is 14.2. The molecule has 2 aliphatic heterocycles. The molecule has 2 saturated heterocycles. The lowest BCUT2D eigenvalue weighted by Gasteiger charge is -2.39. The maximum absolute atomic E-state index is 12.5. The first kappa shape index (κ1) is 16.8. The summed E-state index contributed by atoms with van der Waals surface area (Å²) in [5.41, 5.74) is -0.143. The number of aromatic nitrogens is 2. The largest absolute Gasteiger partial charge is 0.394 e. The summed E-state index contributed by atoms with van der Waals surface area (Å²) in [6, 6.07) is 3.38. The summed E-state index contributed by atoms with van der Waals surface area (Å²) in [5.74, 6) is -0.0919. The second kappa shape index (κ2) is 6.12. The van der Waals surface area contributed by atoms with Crippen LogP contribution in [0.3, 0.4) is 0 Å². The van der Waals surface area contributed by atoms with Crippen molar-refractivity contribution in [3.63, 3.8) is 0 Å². The van der Waals surface area contributed by atoms with Gasteiger partial charge in [-0.25, -0.2) is 0 Å². The first-order valence-corrected chi connectivity index (χ1v) is 8.35. The number of aliphatic hydroxyl groups is 1. The summed E-state index contributed by atoms with van der Waals surface area (Å²) in [6.45, 7) is 5.41. The van der Waals surface area contributed by atoms with Gasteiger partial charge in [0.25, 0.3) is 5.91 Å². The van der Waals surface area contributed by atoms with Crippen LogP contribution in [0.1, 0.15) is 43.6 Å². The Bertz CT molecular complexity index is 628. The summed E-state index contributed by atoms with van der Waals surface area (Å²) >= 11 is 0. The van der Waals surface area contributed by atoms with Gasteiger partial charge in [-0.05, 0) is 43.7 Å². The molecule has 1 spiro atoms. The second-order valence-corrected chi connectivity index (χ2v) is 7.34. The van der Waals surface area contributed by atoms with Crippen molar-refractivity contribution in [1.82, 2.24) is 20.0 Å². The Morgan fingerprint density at radius 1 is 1.33 bits per heavy atom. The van der Waals surface area contributed by atoms with Gasteiger partial charge in [0, 0.05) is 32.8 Å². The molecule has 1 aromatic rings. The fourth-order valence-electron chi connectivity index (χ4n) is 4.21. The molecule has 0 aliphatic carbocycles. The first-order valence-electron chi connectivity index (χ1n) is 8.35. The van der Waals surface area contributed by atoms with Crippen LogP contribution in [0.5, 0.6) is 0 Å². The Morgan fingerprint density at radius 3 is 2.54 bits per heavy atom. The number of carbonyl (C=O) groups is 2. The second-order valence-electron chi connectivity index (χ2n) is 7.34. The van der Waals surface area contributed by atoms with Crippen molar-refractivity contribution >= 4 is 11.8 Å². The van der Waals surface area contributed by atoms with Crippen molar-refractivity contribution in [2.75, 3.05) is 26.2 Å². The van der Waals surface area contributed by atoms with E-state index in [0.29, 0.717) is 25.3 Å². The molecule has 24 heavy (non-hydrogen) atoms. The zero-order valence-electron chi connectivity index (χ0n) is 14.2. The molecule has 0 bridgehead atoms. The van der Waals surface area contributed by atoms with Crippen molar-refractivity contribution in [1.29, 1.82) is 0 Å². The third-order valence-electron chi connectivity index (χ3n) is 5.52. The molecule has 7 nitrogen and oxygen atoms in total. The van der Waals surface area contributed by atoms with Gasteiger partial charge in [0.15, 0.2) is 5.69 Å². The minimum atomic E-state index is -0.497. The van der Waals surface area contributed by atoms with E-state index in [9.17, 15) is 14.7 Å². The molecule has 3 rings (SSSR count). The van der Waals surface area contributed by atoms with E-state index in [1.807, 2.05) is 11.8 Å². The summed E-state index contributed by atoms with van der Waals surface area (Å²) in [5, 5.41) is 17.4. The molecule has 2 aliphatic rings. The Hall–Kier alpha value is -2.02. The third-order valence-corrected chi connectivity index (χ3v) is 5.52. The normalized spacial score (nSPS) is 26.0. The Kier molecular flexibility index (Phi) is 4.29. The number of carbonyl (C=O) groups excluding carboxylic acids is 2. The molecular weight excluding hydrogens is 308 g/mol. The minimum absolute atomic E-state index is 0.00138. The summed E-state index contributed by atoms with van der Waals surface area (Å²) in [7, 11) is 0. The van der Waals surface area contributed by atoms with E-state index in [1.165, 1.54) is 0 Å². The number of piperidine rings is 1. The van der Waals surface area contributed by atoms with Crippen LogP contribution in [0.15, 0.2) is 18.3 Å². The van der Waals surface area contributed by atoms with E-state index >= 15 is 0 Å². The van der Waals surface area contributed by atoms with Gasteiger partial charge in [-0.1, -0.05) is 0 Å². The average Bonchev–Trinajstić information content (AvgIpc) is 2.89. The van der Waals surface area contributed by atoms with E-state index < -0.39 is 5.54 Å². The van der Waals surface area contributed by atoms with Crippen molar-refractivity contribution in [3.05, 3.63) is 24.0 Å². The number of hydrogen-bond acceptors (Lipinski definition) is 5. The number of amides is 2. The van der Waals surface area contributed by atoms with E-state index in [-0.39, 0.29) is 23.8 Å². The van der Waals surface area contributed by atoms with Gasteiger partial charge in [-0.15, -0.1) is 5.10 Å². The summed E-state index contributed by atoms with van der Waals surface area (Å²) < 4.78 is 0. The van der Waals surface area contributed by atoms with Crippen molar-refractivity contribution in [2.24, 2.45) is 5.41 Å². The molecule has 130 valence electrons. The topological polar surface area (TPSA) is 86.6 Å². The fraction of sp³-hybridized carbons (Fsp3) is 0.647. The van der Waals surface area contributed by atoms with Crippen molar-refractivity contribution < 1.29 is 14.7 Å². The minimum Gasteiger partial charge on any atom is -0.394 e. The maximum Gasteiger partial charge on any atom is 0.274 e. The van der Waals surface area contributed by atoms with Crippen molar-refractivity contribution in [2.45, 2.75) is 38.6 Å². The van der Waals surface area contributed by atoms with E-state index in [4.69, 9.17) is 0 Å². The van der Waals surface area contributed by atoms with Crippen LogP contribution in [0.25, 0.3) is 0 Å². The number of rotatable bonds is 2. The van der Waals surface area contributed by atoms with Gasteiger partial charge in [0.05, 0.1) is 12.1 Å². The van der Waals surface area contributed by atoms with Crippen molar-refractivity contribution in [3.8, 4) is 0 Å². The third kappa shape index (κ3) is 2.88. The lowest BCUT2D eigenvalue weighted by Crippen LogP contribution is -2.46. The summed E-state index contributed by atoms with van der Waals surface area (Å²) in [4.78, 5) is 28.0. The number of nitrogens with zero attached hydrogens (tertiary/aromatic N) is 4. The molecule has 3 heterocycles. The average molecular weight is 332 g/mol. The van der Waals surface area contributed by atoms with Crippen LogP contribution < -0.4 is 0 Å². The first-order chi connectivity index (χ1) is 11.4. The van der Waals surface area contributed by atoms with Crippen LogP contribution in [-0.4, -0.2) is 68.7 Å². The van der Waals surface area contributed by atoms with Gasteiger partial charge in [0.1, 0.15) is 0 Å². The highest BCUT2D eigenvalue weighted by molar-refractivity contribution is 5.92. The van der Waals surface area contributed by atoms with Gasteiger partial charge in [0.2, 0.25) is 5.91 Å². The van der Waals surface area contributed by atoms with Gasteiger partial charge in [-0.3, -0.25) is 9.59 Å². The fourth-order valence-corrected chi connectivity index (χ4v) is 4.21. The van der Waals surface area contributed by atoms with Gasteiger partial charge < -0.3 is 14.9 Å². The quantitative estimate of drug-likeness (QED) is 0.861. The predicted molar refractivity (Wildman–Crippen MR) is 87.1 cm³/mol. The molecule has 1 aromatic heterocycles. The molecule has 0 aromatic carbocycles. The van der Waals surface area contributed by atoms with Crippen LogP contribution in [0.4, 0.5) is 0 Å². The molecule has 1 N–H and O–H groups in total. The monoisotopic (exact) mass is 332 g/mol. The molecular formula is C17H24N4O3. The lowest BCUT2D eigenvalue weighted by molar-refractivity contribution is -0.134. The molecule has 0 saturated carbocycles. The number of likely N-dealkylation sites (tertiary alicyclic amines) is 2. The van der Waals surface area contributed by atoms with E-state index in [1.54, 1.807) is 30.2 Å². The van der Waals surface area contributed by atoms with Crippen LogP contribution in [0.2, 0.25) is 0 Å². The summed E-state index contributed by atoms with van der Waals surface area (Å²) in [6.07, 6.45) is 3.99. The molecule has 2 fully saturated rings. The number of hydrogen-bond donors (Lipinski definition) is 1. The highest BCUT2D eigenvalue weighted by Crippen LogP contribution is 2.48. The van der Waals surface area contributed by atoms with Crippen LogP contribution in [-0.2, 0) is 4.79 Å². The molecule has 0 radical (unpaired) electrons. The molecule has 7 heteroatoms. The smallest absolute Gasteiger partial charge is 0.274 e. The standard InChI is InChI=1S/C17H24N4O3/c1-13(23)21-11-17(10-16(21,2)12-22)5-8-20(9-6-17)15(24)14-4-3-7-18-19-14/h3-4,7,22H,5-6,8-12H2,1-2H3/t16-/m1/s1. The van der Waals surface area contributed by atoms with Crippen LogP contribution in [0, 0.1) is 5.41 Å². The SMILES string of the molecule is CC(=O)N1CC2(CCN(C(=O)c3cccnn3)CC2)C[C@]1(C)CO. The maximum atomic E-state index is 12.5. The number of aliphatic hydroxyl groups excluding tert-OH is 1. The molecule has 2 amide bonds. The van der Waals surface area contributed by atoms with Gasteiger partial charge in [-0.2, -0.15) is 5.10 Å². The van der Waals surface area contributed by atoms with E-state index in [0.717, 1.165) is 19.3 Å². The zero-order chi connectivity index (χ0) is 17.4. The lowest BCUT2D eigenvalue weighted by atomic mass is 9.74.